The van der Waals surface area contributed by atoms with Crippen LogP contribution >= 0.6 is 0 Å². The molecular formula is C11H20N4O. The number of nitrogens with zero attached hydrogens (tertiary/aromatic N) is 2. The molecule has 0 aromatic carbocycles. The fourth-order valence-corrected chi connectivity index (χ4v) is 1.39. The van der Waals surface area contributed by atoms with Gasteiger partial charge in [-0.1, -0.05) is 6.92 Å². The van der Waals surface area contributed by atoms with Crippen LogP contribution in [0, 0.1) is 0 Å². The first-order valence-corrected chi connectivity index (χ1v) is 5.68. The summed E-state index contributed by atoms with van der Waals surface area (Å²) in [5.74, 6) is 0.0943. The molecule has 0 aliphatic carbocycles. The molecule has 5 heteroatoms. The van der Waals surface area contributed by atoms with Crippen molar-refractivity contribution in [2.24, 2.45) is 7.05 Å². The smallest absolute Gasteiger partial charge is 0.221 e. The van der Waals surface area contributed by atoms with E-state index in [1.165, 1.54) is 0 Å². The number of carbonyl (C=O) groups excluding carboxylic acids is 1. The van der Waals surface area contributed by atoms with Gasteiger partial charge in [-0.05, 0) is 12.6 Å². The molecule has 0 fully saturated rings. The molecular weight excluding hydrogens is 204 g/mol. The lowest BCUT2D eigenvalue weighted by Gasteiger charge is -2.04. The molecule has 0 unspecified atom stereocenters. The molecule has 0 aliphatic heterocycles. The van der Waals surface area contributed by atoms with Crippen molar-refractivity contribution in [1.82, 2.24) is 20.4 Å². The van der Waals surface area contributed by atoms with Crippen LogP contribution in [0.2, 0.25) is 0 Å². The Morgan fingerprint density at radius 1 is 1.50 bits per heavy atom. The highest BCUT2D eigenvalue weighted by molar-refractivity contribution is 5.76. The molecule has 0 saturated carbocycles. The molecule has 0 saturated heterocycles. The van der Waals surface area contributed by atoms with Crippen molar-refractivity contribution in [3.63, 3.8) is 0 Å². The Kier molecular flexibility index (Phi) is 5.56. The summed E-state index contributed by atoms with van der Waals surface area (Å²) in [7, 11) is 1.89. The number of carbonyl (C=O) groups is 1. The van der Waals surface area contributed by atoms with Gasteiger partial charge in [-0.3, -0.25) is 9.48 Å². The number of hydrogen-bond acceptors (Lipinski definition) is 3. The summed E-state index contributed by atoms with van der Waals surface area (Å²) in [5, 5.41) is 10.2. The van der Waals surface area contributed by atoms with Crippen LogP contribution in [0.25, 0.3) is 0 Å². The highest BCUT2D eigenvalue weighted by atomic mass is 16.1. The number of hydrogen-bond donors (Lipinski definition) is 2. The summed E-state index contributed by atoms with van der Waals surface area (Å²) in [4.78, 5) is 11.3. The minimum atomic E-state index is 0.0943. The van der Waals surface area contributed by atoms with E-state index in [2.05, 4.69) is 15.7 Å². The van der Waals surface area contributed by atoms with Crippen molar-refractivity contribution in [2.75, 3.05) is 19.6 Å². The third-order valence-corrected chi connectivity index (χ3v) is 2.25. The Hall–Kier alpha value is -1.36. The monoisotopic (exact) mass is 224 g/mol. The Morgan fingerprint density at radius 3 is 2.94 bits per heavy atom. The van der Waals surface area contributed by atoms with Gasteiger partial charge in [-0.2, -0.15) is 5.10 Å². The molecule has 0 atom stereocenters. The maximum absolute atomic E-state index is 11.3. The third kappa shape index (κ3) is 4.93. The second-order valence-corrected chi connectivity index (χ2v) is 3.68. The first-order valence-electron chi connectivity index (χ1n) is 5.68. The molecule has 0 spiro atoms. The summed E-state index contributed by atoms with van der Waals surface area (Å²) in [6.07, 6.45) is 3.23. The lowest BCUT2D eigenvalue weighted by Crippen LogP contribution is -2.29. The van der Waals surface area contributed by atoms with Crippen LogP contribution in [-0.2, 0) is 18.3 Å². The number of aromatic nitrogens is 2. The second-order valence-electron chi connectivity index (χ2n) is 3.68. The normalized spacial score (nSPS) is 10.4. The van der Waals surface area contributed by atoms with E-state index in [0.29, 0.717) is 13.0 Å². The van der Waals surface area contributed by atoms with E-state index < -0.39 is 0 Å². The van der Waals surface area contributed by atoms with Gasteiger partial charge in [0.15, 0.2) is 0 Å². The molecule has 1 heterocycles. The maximum Gasteiger partial charge on any atom is 0.221 e. The lowest BCUT2D eigenvalue weighted by molar-refractivity contribution is -0.120. The summed E-state index contributed by atoms with van der Waals surface area (Å²) in [6.45, 7) is 4.33. The van der Waals surface area contributed by atoms with Crippen molar-refractivity contribution >= 4 is 5.91 Å². The van der Waals surface area contributed by atoms with Gasteiger partial charge in [0.1, 0.15) is 0 Å². The fraction of sp³-hybridized carbons (Fsp3) is 0.636. The summed E-state index contributed by atoms with van der Waals surface area (Å²) in [6, 6.07) is 1.96. The van der Waals surface area contributed by atoms with Crippen LogP contribution < -0.4 is 10.6 Å². The Morgan fingerprint density at radius 2 is 2.31 bits per heavy atom. The quantitative estimate of drug-likeness (QED) is 0.645. The summed E-state index contributed by atoms with van der Waals surface area (Å²) in [5.41, 5.74) is 1.01. The van der Waals surface area contributed by atoms with E-state index in [9.17, 15) is 4.79 Å². The van der Waals surface area contributed by atoms with Crippen molar-refractivity contribution in [3.05, 3.63) is 18.0 Å². The average Bonchev–Trinajstić information content (AvgIpc) is 2.65. The molecule has 16 heavy (non-hydrogen) atoms. The molecule has 0 bridgehead atoms. The van der Waals surface area contributed by atoms with Crippen molar-refractivity contribution in [3.8, 4) is 0 Å². The van der Waals surface area contributed by atoms with Gasteiger partial charge in [0.25, 0.3) is 0 Å². The maximum atomic E-state index is 11.3. The van der Waals surface area contributed by atoms with Gasteiger partial charge in [-0.25, -0.2) is 0 Å². The third-order valence-electron chi connectivity index (χ3n) is 2.25. The fourth-order valence-electron chi connectivity index (χ4n) is 1.39. The zero-order valence-electron chi connectivity index (χ0n) is 9.99. The highest BCUT2D eigenvalue weighted by Gasteiger charge is 2.01. The van der Waals surface area contributed by atoms with Gasteiger partial charge in [0.2, 0.25) is 5.91 Å². The van der Waals surface area contributed by atoms with Gasteiger partial charge in [-0.15, -0.1) is 0 Å². The van der Waals surface area contributed by atoms with Crippen LogP contribution in [-0.4, -0.2) is 35.3 Å². The average molecular weight is 224 g/mol. The van der Waals surface area contributed by atoms with E-state index in [-0.39, 0.29) is 5.91 Å². The van der Waals surface area contributed by atoms with E-state index in [1.807, 2.05) is 26.2 Å². The summed E-state index contributed by atoms with van der Waals surface area (Å²) < 4.78 is 1.77. The predicted molar refractivity (Wildman–Crippen MR) is 63.1 cm³/mol. The van der Waals surface area contributed by atoms with Crippen LogP contribution in [0.3, 0.4) is 0 Å². The Bertz CT molecular complexity index is 322. The van der Waals surface area contributed by atoms with Crippen LogP contribution in [0.4, 0.5) is 0 Å². The molecule has 2 N–H and O–H groups in total. The molecule has 5 nitrogen and oxygen atoms in total. The molecule has 0 aliphatic rings. The standard InChI is InChI=1S/C11H20N4O/c1-3-12-7-5-11(16)13-8-4-10-6-9-15(2)14-10/h6,9,12H,3-5,7-8H2,1-2H3,(H,13,16). The number of nitrogens with one attached hydrogen (secondary N) is 2. The number of amides is 1. The number of rotatable bonds is 7. The molecule has 90 valence electrons. The van der Waals surface area contributed by atoms with Crippen LogP contribution in [0.5, 0.6) is 0 Å². The summed E-state index contributed by atoms with van der Waals surface area (Å²) >= 11 is 0. The van der Waals surface area contributed by atoms with E-state index in [0.717, 1.165) is 25.2 Å². The molecule has 1 amide bonds. The largest absolute Gasteiger partial charge is 0.356 e. The van der Waals surface area contributed by atoms with Crippen LogP contribution in [0.15, 0.2) is 12.3 Å². The minimum absolute atomic E-state index is 0.0943. The van der Waals surface area contributed by atoms with E-state index in [4.69, 9.17) is 0 Å². The zero-order valence-corrected chi connectivity index (χ0v) is 9.99. The van der Waals surface area contributed by atoms with Crippen LogP contribution in [0.1, 0.15) is 19.0 Å². The van der Waals surface area contributed by atoms with E-state index >= 15 is 0 Å². The zero-order chi connectivity index (χ0) is 11.8. The SMILES string of the molecule is CCNCCC(=O)NCCc1ccn(C)n1. The van der Waals surface area contributed by atoms with Crippen molar-refractivity contribution < 1.29 is 4.79 Å². The second kappa shape index (κ2) is 7.00. The molecule has 1 aromatic rings. The predicted octanol–water partition coefficient (Wildman–Crippen LogP) is 0.0784. The van der Waals surface area contributed by atoms with Gasteiger partial charge < -0.3 is 10.6 Å². The minimum Gasteiger partial charge on any atom is -0.356 e. The van der Waals surface area contributed by atoms with Gasteiger partial charge in [0.05, 0.1) is 5.69 Å². The topological polar surface area (TPSA) is 59.0 Å². The Labute approximate surface area is 96.2 Å². The molecule has 1 rings (SSSR count). The number of aryl methyl sites for hydroxylation is 1. The molecule has 1 aromatic heterocycles. The lowest BCUT2D eigenvalue weighted by atomic mass is 10.3. The van der Waals surface area contributed by atoms with Crippen molar-refractivity contribution in [1.29, 1.82) is 0 Å². The first-order chi connectivity index (χ1) is 7.72. The Balaban J connectivity index is 2.08. The van der Waals surface area contributed by atoms with E-state index in [1.54, 1.807) is 4.68 Å². The molecule has 0 radical (unpaired) electrons. The van der Waals surface area contributed by atoms with Gasteiger partial charge in [0, 0.05) is 39.2 Å². The van der Waals surface area contributed by atoms with Gasteiger partial charge >= 0.3 is 0 Å². The first kappa shape index (κ1) is 12.7. The van der Waals surface area contributed by atoms with Crippen molar-refractivity contribution in [2.45, 2.75) is 19.8 Å². The highest BCUT2D eigenvalue weighted by Crippen LogP contribution is 1.93.